The van der Waals surface area contributed by atoms with Gasteiger partial charge in [-0.05, 0) is 6.42 Å². The number of hydrogen-bond acceptors (Lipinski definition) is 5. The predicted octanol–water partition coefficient (Wildman–Crippen LogP) is 3.18. The molecule has 24 heavy (non-hydrogen) atoms. The van der Waals surface area contributed by atoms with Crippen LogP contribution in [0.15, 0.2) is 43.0 Å². The van der Waals surface area contributed by atoms with Crippen molar-refractivity contribution in [3.8, 4) is 11.4 Å². The number of carbonyl (C=O) groups is 1. The van der Waals surface area contributed by atoms with E-state index in [9.17, 15) is 4.79 Å². The van der Waals surface area contributed by atoms with Crippen LogP contribution in [0.1, 0.15) is 38.4 Å². The summed E-state index contributed by atoms with van der Waals surface area (Å²) in [6.45, 7) is 2.17. The van der Waals surface area contributed by atoms with Gasteiger partial charge in [0, 0.05) is 12.0 Å². The first-order valence-electron chi connectivity index (χ1n) is 8.20. The lowest BCUT2D eigenvalue weighted by molar-refractivity contribution is 0.237. The van der Waals surface area contributed by atoms with E-state index in [2.05, 4.69) is 27.1 Å². The molecule has 0 N–H and O–H groups in total. The maximum absolute atomic E-state index is 12.6. The average molecular weight is 324 g/mol. The summed E-state index contributed by atoms with van der Waals surface area (Å²) in [5.74, 6) is 1.21. The van der Waals surface area contributed by atoms with E-state index in [1.54, 1.807) is 0 Å². The highest BCUT2D eigenvalue weighted by molar-refractivity contribution is 5.78. The van der Waals surface area contributed by atoms with Crippen molar-refractivity contribution in [2.45, 2.75) is 39.0 Å². The Kier molecular flexibility index (Phi) is 5.10. The van der Waals surface area contributed by atoms with Gasteiger partial charge in [-0.25, -0.2) is 14.8 Å². The molecule has 1 aromatic carbocycles. The normalized spacial score (nSPS) is 10.9. The Balaban J connectivity index is 1.89. The molecule has 124 valence electrons. The summed E-state index contributed by atoms with van der Waals surface area (Å²) in [5.41, 5.74) is 0.887. The van der Waals surface area contributed by atoms with Crippen LogP contribution in [0.2, 0.25) is 0 Å². The van der Waals surface area contributed by atoms with Gasteiger partial charge in [-0.1, -0.05) is 56.5 Å². The van der Waals surface area contributed by atoms with Crippen LogP contribution < -0.4 is 0 Å². The maximum Gasteiger partial charge on any atom is 0.372 e. The zero-order valence-electron chi connectivity index (χ0n) is 13.7. The van der Waals surface area contributed by atoms with Crippen LogP contribution in [0.4, 0.5) is 4.79 Å². The van der Waals surface area contributed by atoms with Crippen LogP contribution >= 0.6 is 0 Å². The second-order valence-corrected chi connectivity index (χ2v) is 5.56. The highest BCUT2D eigenvalue weighted by Crippen LogP contribution is 2.17. The number of aromatic nitrogens is 6. The lowest BCUT2D eigenvalue weighted by Crippen LogP contribution is -2.23. The number of rotatable bonds is 6. The summed E-state index contributed by atoms with van der Waals surface area (Å²) in [7, 11) is 0. The zero-order valence-corrected chi connectivity index (χ0v) is 13.7. The lowest BCUT2D eigenvalue weighted by Gasteiger charge is -2.03. The molecule has 0 atom stereocenters. The zero-order chi connectivity index (χ0) is 16.8. The summed E-state index contributed by atoms with van der Waals surface area (Å²) in [5, 5.41) is 8.30. The molecule has 0 bridgehead atoms. The molecule has 0 spiro atoms. The molecule has 3 aromatic rings. The molecule has 0 aliphatic carbocycles. The molecule has 7 heteroatoms. The molecule has 0 aliphatic heterocycles. The van der Waals surface area contributed by atoms with Crippen LogP contribution in [0, 0.1) is 0 Å². The first-order chi connectivity index (χ1) is 11.8. The summed E-state index contributed by atoms with van der Waals surface area (Å²) in [6.07, 6.45) is 7.84. The number of unbranched alkanes of at least 4 members (excludes halogenated alkanes) is 3. The lowest BCUT2D eigenvalue weighted by atomic mass is 10.1. The van der Waals surface area contributed by atoms with Gasteiger partial charge in [0.05, 0.1) is 0 Å². The fraction of sp³-hybridized carbons (Fsp3) is 0.353. The van der Waals surface area contributed by atoms with Gasteiger partial charge in [-0.15, -0.1) is 5.10 Å². The second kappa shape index (κ2) is 7.63. The van der Waals surface area contributed by atoms with E-state index in [4.69, 9.17) is 0 Å². The highest BCUT2D eigenvalue weighted by atomic mass is 16.2. The molecule has 7 nitrogen and oxygen atoms in total. The molecule has 0 saturated heterocycles. The topological polar surface area (TPSA) is 78.5 Å². The SMILES string of the molecule is CCCCCCc1nc(-c2ccccc2)nn1C(=O)n1cncn1. The van der Waals surface area contributed by atoms with E-state index >= 15 is 0 Å². The summed E-state index contributed by atoms with van der Waals surface area (Å²) in [6, 6.07) is 9.28. The van der Waals surface area contributed by atoms with Crippen molar-refractivity contribution in [1.82, 2.24) is 29.5 Å². The second-order valence-electron chi connectivity index (χ2n) is 5.56. The standard InChI is InChI=1S/C17H20N6O/c1-2-3-4-8-11-15-20-16(14-9-6-5-7-10-14)21-23(15)17(24)22-13-18-12-19-22/h5-7,9-10,12-13H,2-4,8,11H2,1H3. The van der Waals surface area contributed by atoms with E-state index in [0.29, 0.717) is 18.1 Å². The van der Waals surface area contributed by atoms with Crippen molar-refractivity contribution in [1.29, 1.82) is 0 Å². The highest BCUT2D eigenvalue weighted by Gasteiger charge is 2.18. The van der Waals surface area contributed by atoms with Gasteiger partial charge in [0.25, 0.3) is 0 Å². The van der Waals surface area contributed by atoms with Crippen LogP contribution in [0.5, 0.6) is 0 Å². The van der Waals surface area contributed by atoms with Gasteiger partial charge >= 0.3 is 6.03 Å². The molecule has 0 saturated carbocycles. The fourth-order valence-corrected chi connectivity index (χ4v) is 2.48. The van der Waals surface area contributed by atoms with Crippen molar-refractivity contribution in [3.05, 3.63) is 48.8 Å². The van der Waals surface area contributed by atoms with Crippen molar-refractivity contribution < 1.29 is 4.79 Å². The molecule has 2 aromatic heterocycles. The van der Waals surface area contributed by atoms with Gasteiger partial charge in [-0.3, -0.25) is 0 Å². The maximum atomic E-state index is 12.6. The Morgan fingerprint density at radius 1 is 1.12 bits per heavy atom. The molecule has 0 unspecified atom stereocenters. The number of carbonyl (C=O) groups excluding carboxylic acids is 1. The molecular weight excluding hydrogens is 304 g/mol. The average Bonchev–Trinajstić information content (AvgIpc) is 3.29. The number of nitrogens with zero attached hydrogens (tertiary/aromatic N) is 6. The third-order valence-corrected chi connectivity index (χ3v) is 3.76. The quantitative estimate of drug-likeness (QED) is 0.651. The van der Waals surface area contributed by atoms with Crippen LogP contribution in [0.3, 0.4) is 0 Å². The third kappa shape index (κ3) is 3.56. The monoisotopic (exact) mass is 324 g/mol. The van der Waals surface area contributed by atoms with Crippen molar-refractivity contribution in [2.24, 2.45) is 0 Å². The van der Waals surface area contributed by atoms with Crippen LogP contribution in [0.25, 0.3) is 11.4 Å². The Morgan fingerprint density at radius 3 is 2.67 bits per heavy atom. The van der Waals surface area contributed by atoms with Gasteiger partial charge in [0.1, 0.15) is 18.5 Å². The first kappa shape index (κ1) is 16.0. The van der Waals surface area contributed by atoms with E-state index in [1.807, 2.05) is 30.3 Å². The molecule has 0 fully saturated rings. The van der Waals surface area contributed by atoms with E-state index < -0.39 is 0 Å². The third-order valence-electron chi connectivity index (χ3n) is 3.76. The minimum Gasteiger partial charge on any atom is -0.243 e. The molecule has 2 heterocycles. The summed E-state index contributed by atoms with van der Waals surface area (Å²) < 4.78 is 2.50. The van der Waals surface area contributed by atoms with Gasteiger partial charge < -0.3 is 0 Å². The van der Waals surface area contributed by atoms with Crippen LogP contribution in [-0.2, 0) is 6.42 Å². The molecule has 0 radical (unpaired) electrons. The number of benzene rings is 1. The van der Waals surface area contributed by atoms with E-state index in [1.165, 1.54) is 34.9 Å². The Labute approximate surface area is 140 Å². The van der Waals surface area contributed by atoms with Crippen molar-refractivity contribution in [3.63, 3.8) is 0 Å². The number of hydrogen-bond donors (Lipinski definition) is 0. The first-order valence-corrected chi connectivity index (χ1v) is 8.20. The number of aryl methyl sites for hydroxylation is 1. The van der Waals surface area contributed by atoms with Crippen molar-refractivity contribution >= 4 is 6.03 Å². The summed E-state index contributed by atoms with van der Waals surface area (Å²) >= 11 is 0. The molecular formula is C17H20N6O. The van der Waals surface area contributed by atoms with E-state index in [-0.39, 0.29) is 6.03 Å². The van der Waals surface area contributed by atoms with Gasteiger partial charge in [0.2, 0.25) is 0 Å². The molecule has 0 amide bonds. The van der Waals surface area contributed by atoms with Gasteiger partial charge in [0.15, 0.2) is 5.82 Å². The molecule has 3 rings (SSSR count). The smallest absolute Gasteiger partial charge is 0.243 e. The predicted molar refractivity (Wildman–Crippen MR) is 89.5 cm³/mol. The van der Waals surface area contributed by atoms with E-state index in [0.717, 1.165) is 18.4 Å². The van der Waals surface area contributed by atoms with Crippen molar-refractivity contribution in [2.75, 3.05) is 0 Å². The molecule has 0 aliphatic rings. The Morgan fingerprint density at radius 2 is 1.96 bits per heavy atom. The largest absolute Gasteiger partial charge is 0.372 e. The Hall–Kier alpha value is -2.83. The minimum atomic E-state index is -0.368. The van der Waals surface area contributed by atoms with Gasteiger partial charge in [-0.2, -0.15) is 14.5 Å². The fourth-order valence-electron chi connectivity index (χ4n) is 2.48. The van der Waals surface area contributed by atoms with Crippen LogP contribution in [-0.4, -0.2) is 35.6 Å². The summed E-state index contributed by atoms with van der Waals surface area (Å²) in [4.78, 5) is 21.0. The minimum absolute atomic E-state index is 0.368. The Bertz CT molecular complexity index is 779.